The van der Waals surface area contributed by atoms with E-state index in [9.17, 15) is 13.2 Å². The summed E-state index contributed by atoms with van der Waals surface area (Å²) >= 11 is 0. The van der Waals surface area contributed by atoms with Crippen molar-refractivity contribution in [2.24, 2.45) is 5.14 Å². The third-order valence-electron chi connectivity index (χ3n) is 2.53. The van der Waals surface area contributed by atoms with Gasteiger partial charge >= 0.3 is 0 Å². The van der Waals surface area contributed by atoms with Gasteiger partial charge in [-0.1, -0.05) is 6.07 Å². The summed E-state index contributed by atoms with van der Waals surface area (Å²) in [5, 5.41) is 7.74. The fourth-order valence-electron chi connectivity index (χ4n) is 1.60. The van der Waals surface area contributed by atoms with Crippen LogP contribution in [0, 0.1) is 0 Å². The summed E-state index contributed by atoms with van der Waals surface area (Å²) < 4.78 is 32.8. The number of rotatable bonds is 7. The van der Waals surface area contributed by atoms with Crippen LogP contribution in [0.25, 0.3) is 0 Å². The van der Waals surface area contributed by atoms with Gasteiger partial charge in [-0.25, -0.2) is 13.6 Å². The predicted octanol–water partition coefficient (Wildman–Crippen LogP) is -0.143. The SMILES string of the molecule is COCCNC(=O)c1ccc(COC)c(S(N)(=O)=O)c1. The van der Waals surface area contributed by atoms with Gasteiger partial charge in [0.05, 0.1) is 18.1 Å². The monoisotopic (exact) mass is 302 g/mol. The minimum Gasteiger partial charge on any atom is -0.383 e. The smallest absolute Gasteiger partial charge is 0.251 e. The molecule has 0 aromatic heterocycles. The van der Waals surface area contributed by atoms with Crippen molar-refractivity contribution in [3.63, 3.8) is 0 Å². The highest BCUT2D eigenvalue weighted by Gasteiger charge is 2.17. The first-order chi connectivity index (χ1) is 9.40. The Labute approximate surface area is 118 Å². The number of nitrogens with two attached hydrogens (primary N) is 1. The molecule has 1 aromatic carbocycles. The number of primary sulfonamides is 1. The van der Waals surface area contributed by atoms with Gasteiger partial charge in [0.1, 0.15) is 0 Å². The fourth-order valence-corrected chi connectivity index (χ4v) is 2.39. The maximum absolute atomic E-state index is 11.8. The van der Waals surface area contributed by atoms with Gasteiger partial charge in [-0.05, 0) is 17.7 Å². The average Bonchev–Trinajstić information content (AvgIpc) is 2.38. The van der Waals surface area contributed by atoms with E-state index in [1.807, 2.05) is 0 Å². The molecule has 1 rings (SSSR count). The topological polar surface area (TPSA) is 108 Å². The van der Waals surface area contributed by atoms with Crippen molar-refractivity contribution in [2.45, 2.75) is 11.5 Å². The molecule has 0 saturated carbocycles. The Morgan fingerprint density at radius 1 is 1.30 bits per heavy atom. The molecule has 8 heteroatoms. The van der Waals surface area contributed by atoms with E-state index >= 15 is 0 Å². The molecular formula is C12H18N2O5S. The summed E-state index contributed by atoms with van der Waals surface area (Å²) in [4.78, 5) is 11.7. The van der Waals surface area contributed by atoms with Gasteiger partial charge in [0.15, 0.2) is 0 Å². The summed E-state index contributed by atoms with van der Waals surface area (Å²) in [6, 6.07) is 4.27. The van der Waals surface area contributed by atoms with E-state index in [0.717, 1.165) is 0 Å². The van der Waals surface area contributed by atoms with Crippen molar-refractivity contribution in [3.8, 4) is 0 Å². The molecule has 0 spiro atoms. The third-order valence-corrected chi connectivity index (χ3v) is 3.52. The van der Waals surface area contributed by atoms with Crippen LogP contribution in [0.5, 0.6) is 0 Å². The first-order valence-electron chi connectivity index (χ1n) is 5.82. The zero-order valence-corrected chi connectivity index (χ0v) is 12.2. The number of hydrogen-bond donors (Lipinski definition) is 2. The van der Waals surface area contributed by atoms with Crippen LogP contribution in [0.2, 0.25) is 0 Å². The molecule has 1 amide bonds. The molecule has 112 valence electrons. The summed E-state index contributed by atoms with van der Waals surface area (Å²) in [6.45, 7) is 0.798. The normalized spacial score (nSPS) is 11.3. The van der Waals surface area contributed by atoms with Crippen LogP contribution in [0.3, 0.4) is 0 Å². The molecule has 1 aromatic rings. The molecule has 0 fully saturated rings. The Morgan fingerprint density at radius 3 is 2.55 bits per heavy atom. The second-order valence-corrected chi connectivity index (χ2v) is 5.58. The molecule has 0 bridgehead atoms. The Kier molecular flexibility index (Phi) is 6.08. The standard InChI is InChI=1S/C12H18N2O5S/c1-18-6-5-14-12(15)9-3-4-10(8-19-2)11(7-9)20(13,16)17/h3-4,7H,5-6,8H2,1-2H3,(H,14,15)(H2,13,16,17). The van der Waals surface area contributed by atoms with Crippen molar-refractivity contribution < 1.29 is 22.7 Å². The van der Waals surface area contributed by atoms with Crippen molar-refractivity contribution >= 4 is 15.9 Å². The highest BCUT2D eigenvalue weighted by atomic mass is 32.2. The number of carbonyl (C=O) groups excluding carboxylic acids is 1. The van der Waals surface area contributed by atoms with Crippen molar-refractivity contribution in [1.82, 2.24) is 5.32 Å². The van der Waals surface area contributed by atoms with Crippen molar-refractivity contribution in [2.75, 3.05) is 27.4 Å². The zero-order valence-electron chi connectivity index (χ0n) is 11.4. The quantitative estimate of drug-likeness (QED) is 0.681. The first kappa shape index (κ1) is 16.6. The number of ether oxygens (including phenoxy) is 2. The molecule has 0 radical (unpaired) electrons. The summed E-state index contributed by atoms with van der Waals surface area (Å²) in [5.74, 6) is -0.393. The highest BCUT2D eigenvalue weighted by Crippen LogP contribution is 2.17. The summed E-state index contributed by atoms with van der Waals surface area (Å²) in [5.41, 5.74) is 0.619. The lowest BCUT2D eigenvalue weighted by atomic mass is 10.1. The van der Waals surface area contributed by atoms with Crippen LogP contribution in [0.15, 0.2) is 23.1 Å². The number of benzene rings is 1. The lowest BCUT2D eigenvalue weighted by Crippen LogP contribution is -2.27. The van der Waals surface area contributed by atoms with E-state index in [1.54, 1.807) is 0 Å². The number of carbonyl (C=O) groups is 1. The van der Waals surface area contributed by atoms with Crippen molar-refractivity contribution in [1.29, 1.82) is 0 Å². The molecule has 3 N–H and O–H groups in total. The van der Waals surface area contributed by atoms with E-state index in [0.29, 0.717) is 18.7 Å². The molecule has 7 nitrogen and oxygen atoms in total. The van der Waals surface area contributed by atoms with E-state index in [4.69, 9.17) is 14.6 Å². The first-order valence-corrected chi connectivity index (χ1v) is 7.36. The van der Waals surface area contributed by atoms with Gasteiger partial charge < -0.3 is 14.8 Å². The van der Waals surface area contributed by atoms with Crippen LogP contribution in [-0.2, 0) is 26.1 Å². The minimum atomic E-state index is -3.92. The molecule has 0 atom stereocenters. The maximum Gasteiger partial charge on any atom is 0.251 e. The Morgan fingerprint density at radius 2 is 2.00 bits per heavy atom. The van der Waals surface area contributed by atoms with E-state index in [1.165, 1.54) is 32.4 Å². The van der Waals surface area contributed by atoms with Crippen LogP contribution in [0.1, 0.15) is 15.9 Å². The van der Waals surface area contributed by atoms with E-state index < -0.39 is 15.9 Å². The Hall–Kier alpha value is -1.48. The zero-order chi connectivity index (χ0) is 15.2. The Balaban J connectivity index is 3.03. The molecule has 0 heterocycles. The summed E-state index contributed by atoms with van der Waals surface area (Å²) in [6.07, 6.45) is 0. The predicted molar refractivity (Wildman–Crippen MR) is 72.7 cm³/mol. The molecular weight excluding hydrogens is 284 g/mol. The number of nitrogens with one attached hydrogen (secondary N) is 1. The van der Waals surface area contributed by atoms with Crippen LogP contribution < -0.4 is 10.5 Å². The van der Waals surface area contributed by atoms with Crippen LogP contribution >= 0.6 is 0 Å². The largest absolute Gasteiger partial charge is 0.383 e. The van der Waals surface area contributed by atoms with Gasteiger partial charge in [-0.15, -0.1) is 0 Å². The molecule has 20 heavy (non-hydrogen) atoms. The minimum absolute atomic E-state index is 0.0946. The van der Waals surface area contributed by atoms with Gasteiger partial charge in [0.2, 0.25) is 10.0 Å². The lowest BCUT2D eigenvalue weighted by molar-refractivity contribution is 0.0936. The second kappa shape index (κ2) is 7.34. The second-order valence-electron chi connectivity index (χ2n) is 4.05. The molecule has 0 unspecified atom stereocenters. The highest BCUT2D eigenvalue weighted by molar-refractivity contribution is 7.89. The van der Waals surface area contributed by atoms with Crippen molar-refractivity contribution in [3.05, 3.63) is 29.3 Å². The van der Waals surface area contributed by atoms with E-state index in [2.05, 4.69) is 5.32 Å². The average molecular weight is 302 g/mol. The number of amides is 1. The maximum atomic E-state index is 11.8. The van der Waals surface area contributed by atoms with E-state index in [-0.39, 0.29) is 17.1 Å². The van der Waals surface area contributed by atoms with Gasteiger partial charge in [0, 0.05) is 26.3 Å². The number of sulfonamides is 1. The summed E-state index contributed by atoms with van der Waals surface area (Å²) in [7, 11) is -0.960. The van der Waals surface area contributed by atoms with Gasteiger partial charge in [-0.2, -0.15) is 0 Å². The van der Waals surface area contributed by atoms with Gasteiger partial charge in [-0.3, -0.25) is 4.79 Å². The lowest BCUT2D eigenvalue weighted by Gasteiger charge is -2.10. The molecule has 0 aliphatic rings. The molecule has 0 saturated heterocycles. The van der Waals surface area contributed by atoms with Crippen LogP contribution in [0.4, 0.5) is 0 Å². The Bertz CT molecular complexity index is 571. The van der Waals surface area contributed by atoms with Crippen LogP contribution in [-0.4, -0.2) is 41.7 Å². The molecule has 0 aliphatic carbocycles. The number of hydrogen-bond acceptors (Lipinski definition) is 5. The number of methoxy groups -OCH3 is 2. The third kappa shape index (κ3) is 4.57. The fraction of sp³-hybridized carbons (Fsp3) is 0.417. The van der Waals surface area contributed by atoms with Gasteiger partial charge in [0.25, 0.3) is 5.91 Å². The molecule has 0 aliphatic heterocycles.